The number of amides is 1. The van der Waals surface area contributed by atoms with Crippen molar-refractivity contribution < 1.29 is 17.6 Å². The highest BCUT2D eigenvalue weighted by Gasteiger charge is 2.32. The summed E-state index contributed by atoms with van der Waals surface area (Å²) in [6.45, 7) is 1.95. The molecule has 1 saturated heterocycles. The average Bonchev–Trinajstić information content (AvgIpc) is 3.36. The Labute approximate surface area is 206 Å². The summed E-state index contributed by atoms with van der Waals surface area (Å²) in [6.07, 6.45) is 0.401. The van der Waals surface area contributed by atoms with Gasteiger partial charge in [0.25, 0.3) is 5.91 Å². The van der Waals surface area contributed by atoms with E-state index in [-0.39, 0.29) is 34.9 Å². The minimum absolute atomic E-state index is 0.0527. The Balaban J connectivity index is 1.63. The van der Waals surface area contributed by atoms with Gasteiger partial charge < -0.3 is 5.32 Å². The summed E-state index contributed by atoms with van der Waals surface area (Å²) >= 11 is 6.23. The summed E-state index contributed by atoms with van der Waals surface area (Å²) in [6, 6.07) is 14.5. The van der Waals surface area contributed by atoms with Gasteiger partial charge in [0, 0.05) is 17.1 Å². The molecule has 0 spiro atoms. The van der Waals surface area contributed by atoms with Gasteiger partial charge in [0.1, 0.15) is 5.82 Å². The van der Waals surface area contributed by atoms with Crippen LogP contribution < -0.4 is 5.32 Å². The van der Waals surface area contributed by atoms with Crippen LogP contribution in [0.2, 0.25) is 5.02 Å². The average molecular weight is 513 g/mol. The summed E-state index contributed by atoms with van der Waals surface area (Å²) in [7, 11) is -3.18. The molecule has 7 nitrogen and oxygen atoms in total. The molecule has 1 atom stereocenters. The fourth-order valence-corrected chi connectivity index (χ4v) is 6.33. The molecule has 0 bridgehead atoms. The van der Waals surface area contributed by atoms with E-state index in [2.05, 4.69) is 15.4 Å². The first-order chi connectivity index (χ1) is 16.7. The van der Waals surface area contributed by atoms with Crippen molar-refractivity contribution in [2.24, 2.45) is 0 Å². The molecule has 0 aliphatic carbocycles. The van der Waals surface area contributed by atoms with Gasteiger partial charge in [-0.05, 0) is 43.2 Å². The fraction of sp³-hybridized carbons (Fsp3) is 0.240. The highest BCUT2D eigenvalue weighted by molar-refractivity contribution is 7.91. The lowest BCUT2D eigenvalue weighted by molar-refractivity contribution is 0.0952. The molecular formula is C25H22ClFN4O3S. The molecule has 0 saturated carbocycles. The van der Waals surface area contributed by atoms with Gasteiger partial charge in [0.05, 0.1) is 39.9 Å². The predicted octanol–water partition coefficient (Wildman–Crippen LogP) is 4.49. The van der Waals surface area contributed by atoms with Crippen molar-refractivity contribution in [3.8, 4) is 11.3 Å². The number of benzene rings is 2. The van der Waals surface area contributed by atoms with Crippen molar-refractivity contribution in [2.45, 2.75) is 25.9 Å². The van der Waals surface area contributed by atoms with E-state index in [1.54, 1.807) is 41.9 Å². The van der Waals surface area contributed by atoms with Gasteiger partial charge in [-0.15, -0.1) is 0 Å². The monoisotopic (exact) mass is 512 g/mol. The minimum Gasteiger partial charge on any atom is -0.348 e. The third-order valence-corrected chi connectivity index (χ3v) is 8.30. The number of hydrogen-bond acceptors (Lipinski definition) is 5. The van der Waals surface area contributed by atoms with Crippen molar-refractivity contribution >= 4 is 38.4 Å². The quantitative estimate of drug-likeness (QED) is 0.425. The second-order valence-corrected chi connectivity index (χ2v) is 11.2. The topological polar surface area (TPSA) is 93.9 Å². The number of hydrogen-bond donors (Lipinski definition) is 1. The molecule has 1 N–H and O–H groups in total. The first-order valence-corrected chi connectivity index (χ1v) is 13.3. The number of carbonyl (C=O) groups is 1. The summed E-state index contributed by atoms with van der Waals surface area (Å²) in [4.78, 5) is 18.0. The van der Waals surface area contributed by atoms with Gasteiger partial charge in [0.15, 0.2) is 15.5 Å². The molecule has 5 rings (SSSR count). The summed E-state index contributed by atoms with van der Waals surface area (Å²) < 4.78 is 40.5. The van der Waals surface area contributed by atoms with Crippen molar-refractivity contribution in [3.63, 3.8) is 0 Å². The Bertz CT molecular complexity index is 1570. The number of nitrogens with one attached hydrogen (secondary N) is 1. The smallest absolute Gasteiger partial charge is 0.252 e. The van der Waals surface area contributed by atoms with Crippen LogP contribution in [0, 0.1) is 12.7 Å². The van der Waals surface area contributed by atoms with Crippen LogP contribution in [0.25, 0.3) is 22.3 Å². The summed E-state index contributed by atoms with van der Waals surface area (Å²) in [5, 5.41) is 8.49. The van der Waals surface area contributed by atoms with Crippen LogP contribution in [0.1, 0.15) is 34.1 Å². The van der Waals surface area contributed by atoms with Crippen LogP contribution in [0.15, 0.2) is 54.6 Å². The lowest BCUT2D eigenvalue weighted by atomic mass is 10.0. The highest BCUT2D eigenvalue weighted by Crippen LogP contribution is 2.32. The molecular weight excluding hydrogens is 491 g/mol. The number of carbonyl (C=O) groups excluding carboxylic acids is 1. The number of sulfone groups is 1. The van der Waals surface area contributed by atoms with E-state index in [0.29, 0.717) is 28.2 Å². The SMILES string of the molecule is Cc1nn(C2CCS(=O)(=O)C2)c2nc(-c3ccccc3F)cc(C(=O)NCc3ccccc3Cl)c12. The third-order valence-electron chi connectivity index (χ3n) is 6.18. The number of aromatic nitrogens is 3. The molecule has 10 heteroatoms. The number of pyridine rings is 1. The zero-order valence-corrected chi connectivity index (χ0v) is 20.4. The Hall–Kier alpha value is -3.30. The van der Waals surface area contributed by atoms with Crippen LogP contribution >= 0.6 is 11.6 Å². The van der Waals surface area contributed by atoms with Crippen molar-refractivity contribution in [1.29, 1.82) is 0 Å². The molecule has 1 amide bonds. The molecule has 180 valence electrons. The number of nitrogens with zero attached hydrogens (tertiary/aromatic N) is 3. The molecule has 1 aliphatic rings. The Kier molecular flexibility index (Phi) is 6.06. The van der Waals surface area contributed by atoms with Crippen molar-refractivity contribution in [1.82, 2.24) is 20.1 Å². The highest BCUT2D eigenvalue weighted by atomic mass is 35.5. The number of fused-ring (bicyclic) bond motifs is 1. The van der Waals surface area contributed by atoms with E-state index in [9.17, 15) is 17.6 Å². The van der Waals surface area contributed by atoms with E-state index in [1.807, 2.05) is 18.2 Å². The minimum atomic E-state index is -3.18. The van der Waals surface area contributed by atoms with Crippen LogP contribution in [-0.2, 0) is 16.4 Å². The molecule has 1 fully saturated rings. The number of aryl methyl sites for hydroxylation is 1. The van der Waals surface area contributed by atoms with Gasteiger partial charge in [-0.1, -0.05) is 41.9 Å². The van der Waals surface area contributed by atoms with Gasteiger partial charge >= 0.3 is 0 Å². The maximum absolute atomic E-state index is 14.7. The molecule has 4 aromatic rings. The van der Waals surface area contributed by atoms with Crippen molar-refractivity contribution in [2.75, 3.05) is 11.5 Å². The molecule has 1 aliphatic heterocycles. The molecule has 35 heavy (non-hydrogen) atoms. The molecule has 0 radical (unpaired) electrons. The maximum atomic E-state index is 14.7. The second kappa shape index (κ2) is 9.05. The maximum Gasteiger partial charge on any atom is 0.252 e. The van der Waals surface area contributed by atoms with Gasteiger partial charge in [-0.25, -0.2) is 22.5 Å². The van der Waals surface area contributed by atoms with Gasteiger partial charge in [0.2, 0.25) is 0 Å². The largest absolute Gasteiger partial charge is 0.348 e. The van der Waals surface area contributed by atoms with Crippen LogP contribution in [0.5, 0.6) is 0 Å². The van der Waals surface area contributed by atoms with Crippen LogP contribution in [0.3, 0.4) is 0 Å². The summed E-state index contributed by atoms with van der Waals surface area (Å²) in [5.41, 5.74) is 2.43. The van der Waals surface area contributed by atoms with Gasteiger partial charge in [-0.3, -0.25) is 4.79 Å². The number of halogens is 2. The van der Waals surface area contributed by atoms with Crippen LogP contribution in [0.4, 0.5) is 4.39 Å². The standard InChI is InChI=1S/C25H22ClFN4O3S/c1-15-23-19(25(32)28-13-16-6-2-4-8-20(16)26)12-22(18-7-3-5-9-21(18)27)29-24(23)31(30-15)17-10-11-35(33,34)14-17/h2-9,12,17H,10-11,13-14H2,1H3,(H,28,32). The van der Waals surface area contributed by atoms with E-state index in [4.69, 9.17) is 11.6 Å². The lowest BCUT2D eigenvalue weighted by Crippen LogP contribution is -2.23. The van der Waals surface area contributed by atoms with E-state index < -0.39 is 27.6 Å². The van der Waals surface area contributed by atoms with Crippen molar-refractivity contribution in [3.05, 3.63) is 82.3 Å². The lowest BCUT2D eigenvalue weighted by Gasteiger charge is -2.13. The molecule has 1 unspecified atom stereocenters. The molecule has 3 heterocycles. The summed E-state index contributed by atoms with van der Waals surface area (Å²) in [5.74, 6) is -0.858. The normalized spacial score (nSPS) is 17.1. The molecule has 2 aromatic heterocycles. The van der Waals surface area contributed by atoms with E-state index in [0.717, 1.165) is 5.56 Å². The predicted molar refractivity (Wildman–Crippen MR) is 133 cm³/mol. The zero-order valence-electron chi connectivity index (χ0n) is 18.8. The second-order valence-electron chi connectivity index (χ2n) is 8.59. The Morgan fingerprint density at radius 3 is 2.66 bits per heavy atom. The number of rotatable bonds is 5. The first kappa shape index (κ1) is 23.4. The zero-order chi connectivity index (χ0) is 24.7. The fourth-order valence-electron chi connectivity index (χ4n) is 4.43. The van der Waals surface area contributed by atoms with Crippen LogP contribution in [-0.4, -0.2) is 40.6 Å². The van der Waals surface area contributed by atoms with Gasteiger partial charge in [-0.2, -0.15) is 5.10 Å². The van der Waals surface area contributed by atoms with E-state index >= 15 is 0 Å². The molecule has 2 aromatic carbocycles. The first-order valence-electron chi connectivity index (χ1n) is 11.1. The third kappa shape index (κ3) is 4.53. The Morgan fingerprint density at radius 2 is 1.94 bits per heavy atom. The van der Waals surface area contributed by atoms with E-state index in [1.165, 1.54) is 6.07 Å². The Morgan fingerprint density at radius 1 is 1.20 bits per heavy atom.